The molecule has 2 aliphatic rings. The van der Waals surface area contributed by atoms with Gasteiger partial charge in [0.2, 0.25) is 21.8 Å². The molecule has 2 saturated heterocycles. The molecule has 2 amide bonds. The number of nitrogens with zero attached hydrogens (tertiary/aromatic N) is 3. The van der Waals surface area contributed by atoms with E-state index in [-0.39, 0.29) is 30.7 Å². The van der Waals surface area contributed by atoms with Crippen LogP contribution in [0.15, 0.2) is 4.90 Å². The average Bonchev–Trinajstić information content (AvgIpc) is 2.81. The van der Waals surface area contributed by atoms with Crippen molar-refractivity contribution in [2.24, 2.45) is 5.92 Å². The molecule has 2 aliphatic heterocycles. The van der Waals surface area contributed by atoms with E-state index in [2.05, 4.69) is 16.7 Å². The molecule has 1 N–H and O–H groups in total. The van der Waals surface area contributed by atoms with Crippen molar-refractivity contribution in [2.75, 3.05) is 52.9 Å². The van der Waals surface area contributed by atoms with E-state index < -0.39 is 10.0 Å². The van der Waals surface area contributed by atoms with Gasteiger partial charge in [0, 0.05) is 58.2 Å². The number of carbonyl (C=O) groups is 2. The molecular weight excluding hydrogens is 452 g/mol. The third-order valence-corrected chi connectivity index (χ3v) is 9.58. The van der Waals surface area contributed by atoms with Gasteiger partial charge in [-0.25, -0.2) is 13.1 Å². The van der Waals surface area contributed by atoms with Crippen LogP contribution in [0.2, 0.25) is 0 Å². The van der Waals surface area contributed by atoms with Crippen molar-refractivity contribution in [1.82, 2.24) is 19.4 Å². The molecule has 0 aromatic heterocycles. The quantitative estimate of drug-likeness (QED) is 0.655. The van der Waals surface area contributed by atoms with E-state index in [0.717, 1.165) is 54.0 Å². The third-order valence-electron chi connectivity index (χ3n) is 7.84. The Labute approximate surface area is 204 Å². The molecule has 0 bridgehead atoms. The Balaban J connectivity index is 1.51. The molecule has 34 heavy (non-hydrogen) atoms. The second-order valence-corrected chi connectivity index (χ2v) is 11.6. The van der Waals surface area contributed by atoms with E-state index in [1.807, 2.05) is 39.5 Å². The van der Waals surface area contributed by atoms with Crippen molar-refractivity contribution in [1.29, 1.82) is 0 Å². The summed E-state index contributed by atoms with van der Waals surface area (Å²) in [5.74, 6) is 0.116. The van der Waals surface area contributed by atoms with Crippen LogP contribution >= 0.6 is 0 Å². The van der Waals surface area contributed by atoms with Gasteiger partial charge in [0.1, 0.15) is 0 Å². The summed E-state index contributed by atoms with van der Waals surface area (Å²) in [5.41, 5.74) is 4.58. The molecule has 8 nitrogen and oxygen atoms in total. The predicted octanol–water partition coefficient (Wildman–Crippen LogP) is 1.91. The fourth-order valence-electron chi connectivity index (χ4n) is 5.05. The molecule has 0 radical (unpaired) electrons. The first kappa shape index (κ1) is 26.6. The van der Waals surface area contributed by atoms with Gasteiger partial charge in [-0.05, 0) is 82.3 Å². The summed E-state index contributed by atoms with van der Waals surface area (Å²) in [7, 11) is -1.65. The number of likely N-dealkylation sites (N-methyl/N-ethyl adjacent to an activating group) is 1. The van der Waals surface area contributed by atoms with E-state index in [1.165, 1.54) is 0 Å². The molecule has 2 fully saturated rings. The van der Waals surface area contributed by atoms with Gasteiger partial charge in [-0.15, -0.1) is 0 Å². The largest absolute Gasteiger partial charge is 0.343 e. The van der Waals surface area contributed by atoms with Crippen molar-refractivity contribution in [3.8, 4) is 0 Å². The number of piperazine rings is 1. The second-order valence-electron chi connectivity index (χ2n) is 9.89. The van der Waals surface area contributed by atoms with E-state index >= 15 is 0 Å². The predicted molar refractivity (Wildman–Crippen MR) is 133 cm³/mol. The summed E-state index contributed by atoms with van der Waals surface area (Å²) in [6.07, 6.45) is 1.45. The molecule has 1 aromatic rings. The highest BCUT2D eigenvalue weighted by molar-refractivity contribution is 7.89. The van der Waals surface area contributed by atoms with Crippen LogP contribution in [0.5, 0.6) is 0 Å². The second kappa shape index (κ2) is 10.7. The van der Waals surface area contributed by atoms with Crippen molar-refractivity contribution < 1.29 is 18.0 Å². The van der Waals surface area contributed by atoms with Crippen molar-refractivity contribution >= 4 is 21.8 Å². The molecule has 0 spiro atoms. The molecule has 9 heteroatoms. The average molecular weight is 493 g/mol. The Morgan fingerprint density at radius 2 is 1.29 bits per heavy atom. The zero-order valence-corrected chi connectivity index (χ0v) is 22.3. The number of hydrogen-bond acceptors (Lipinski definition) is 5. The first-order valence-electron chi connectivity index (χ1n) is 12.3. The molecule has 0 saturated carbocycles. The lowest BCUT2D eigenvalue weighted by molar-refractivity contribution is -0.141. The number of hydrogen-bond donors (Lipinski definition) is 1. The molecule has 1 aromatic carbocycles. The summed E-state index contributed by atoms with van der Waals surface area (Å²) in [6.45, 7) is 14.1. The molecular formula is C25H40N4O4S. The fourth-order valence-corrected chi connectivity index (χ4v) is 6.68. The third kappa shape index (κ3) is 5.63. The van der Waals surface area contributed by atoms with E-state index in [1.54, 1.807) is 4.90 Å². The van der Waals surface area contributed by atoms with Crippen LogP contribution in [0.4, 0.5) is 0 Å². The van der Waals surface area contributed by atoms with Crippen LogP contribution < -0.4 is 4.72 Å². The topological polar surface area (TPSA) is 90.0 Å². The van der Waals surface area contributed by atoms with Gasteiger partial charge < -0.3 is 14.7 Å². The highest BCUT2D eigenvalue weighted by Gasteiger charge is 2.31. The van der Waals surface area contributed by atoms with Gasteiger partial charge in [-0.1, -0.05) is 0 Å². The summed E-state index contributed by atoms with van der Waals surface area (Å²) in [4.78, 5) is 31.8. The van der Waals surface area contributed by atoms with E-state index in [9.17, 15) is 18.0 Å². The van der Waals surface area contributed by atoms with Crippen LogP contribution in [-0.2, 0) is 19.6 Å². The van der Waals surface area contributed by atoms with E-state index in [4.69, 9.17) is 0 Å². The van der Waals surface area contributed by atoms with Gasteiger partial charge in [-0.2, -0.15) is 0 Å². The zero-order valence-electron chi connectivity index (χ0n) is 21.5. The molecule has 0 aliphatic carbocycles. The number of piperidine rings is 1. The Morgan fingerprint density at radius 1 is 0.794 bits per heavy atom. The molecule has 190 valence electrons. The maximum Gasteiger partial charge on any atom is 0.241 e. The number of sulfonamides is 1. The summed E-state index contributed by atoms with van der Waals surface area (Å²) in [6, 6.07) is 0. The normalized spacial score (nSPS) is 18.4. The minimum atomic E-state index is -3.72. The SMILES string of the molecule is Cc1c(C)c(C)c(S(=O)(=O)NCCC(=O)N2CCC(C(=O)N3CCN(C)CC3)CC2)c(C)c1C. The molecule has 3 rings (SSSR count). The minimum absolute atomic E-state index is 0.0232. The highest BCUT2D eigenvalue weighted by atomic mass is 32.2. The molecule has 2 heterocycles. The molecule has 0 unspecified atom stereocenters. The van der Waals surface area contributed by atoms with Crippen molar-refractivity contribution in [3.63, 3.8) is 0 Å². The number of nitrogens with one attached hydrogen (secondary N) is 1. The lowest BCUT2D eigenvalue weighted by Crippen LogP contribution is -2.51. The summed E-state index contributed by atoms with van der Waals surface area (Å²) < 4.78 is 28.7. The molecule has 0 atom stereocenters. The Morgan fingerprint density at radius 3 is 1.82 bits per heavy atom. The Kier molecular flexibility index (Phi) is 8.42. The van der Waals surface area contributed by atoms with Crippen molar-refractivity contribution in [2.45, 2.75) is 58.8 Å². The van der Waals surface area contributed by atoms with Gasteiger partial charge in [0.15, 0.2) is 0 Å². The van der Waals surface area contributed by atoms with Gasteiger partial charge in [0.25, 0.3) is 0 Å². The van der Waals surface area contributed by atoms with Crippen LogP contribution in [-0.4, -0.2) is 87.8 Å². The van der Waals surface area contributed by atoms with Crippen LogP contribution in [0.1, 0.15) is 47.1 Å². The van der Waals surface area contributed by atoms with Crippen LogP contribution in [0, 0.1) is 40.5 Å². The van der Waals surface area contributed by atoms with Gasteiger partial charge in [0.05, 0.1) is 4.90 Å². The van der Waals surface area contributed by atoms with Crippen molar-refractivity contribution in [3.05, 3.63) is 27.8 Å². The fraction of sp³-hybridized carbons (Fsp3) is 0.680. The summed E-state index contributed by atoms with van der Waals surface area (Å²) in [5, 5.41) is 0. The Hall–Kier alpha value is -1.97. The maximum absolute atomic E-state index is 13.1. The number of rotatable bonds is 6. The van der Waals surface area contributed by atoms with Gasteiger partial charge in [-0.3, -0.25) is 9.59 Å². The smallest absolute Gasteiger partial charge is 0.241 e. The monoisotopic (exact) mass is 492 g/mol. The lowest BCUT2D eigenvalue weighted by atomic mass is 9.94. The lowest BCUT2D eigenvalue weighted by Gasteiger charge is -2.37. The van der Waals surface area contributed by atoms with Crippen LogP contribution in [0.3, 0.4) is 0 Å². The van der Waals surface area contributed by atoms with Gasteiger partial charge >= 0.3 is 0 Å². The first-order chi connectivity index (χ1) is 15.9. The van der Waals surface area contributed by atoms with Crippen LogP contribution in [0.25, 0.3) is 0 Å². The number of benzene rings is 1. The Bertz CT molecular complexity index is 1010. The minimum Gasteiger partial charge on any atom is -0.343 e. The van der Waals surface area contributed by atoms with E-state index in [0.29, 0.717) is 30.8 Å². The number of amides is 2. The highest BCUT2D eigenvalue weighted by Crippen LogP contribution is 2.29. The maximum atomic E-state index is 13.1. The standard InChI is InChI=1S/C25H40N4O4S/c1-17-18(2)20(4)24(21(5)19(17)3)34(32,33)26-10-7-23(30)28-11-8-22(9-12-28)25(31)29-15-13-27(6)14-16-29/h22,26H,7-16H2,1-6H3. The number of carbonyl (C=O) groups excluding carboxylic acids is 2. The summed E-state index contributed by atoms with van der Waals surface area (Å²) >= 11 is 0. The first-order valence-corrected chi connectivity index (χ1v) is 13.7. The zero-order chi connectivity index (χ0) is 25.2. The number of likely N-dealkylation sites (tertiary alicyclic amines) is 1.